The first-order valence-corrected chi connectivity index (χ1v) is 7.67. The molecule has 0 aliphatic heterocycles. The van der Waals surface area contributed by atoms with Crippen molar-refractivity contribution >= 4 is 11.8 Å². The van der Waals surface area contributed by atoms with Crippen LogP contribution < -0.4 is 0 Å². The number of hydrogen-bond acceptors (Lipinski definition) is 5. The van der Waals surface area contributed by atoms with Crippen LogP contribution in [0.2, 0.25) is 0 Å². The van der Waals surface area contributed by atoms with E-state index in [0.29, 0.717) is 11.1 Å². The molecule has 0 fully saturated rings. The summed E-state index contributed by atoms with van der Waals surface area (Å²) in [4.78, 5) is 0. The van der Waals surface area contributed by atoms with Gasteiger partial charge in [0.05, 0.1) is 0 Å². The van der Waals surface area contributed by atoms with Crippen molar-refractivity contribution in [2.24, 2.45) is 0 Å². The highest BCUT2D eigenvalue weighted by Crippen LogP contribution is 2.27. The molecule has 1 N–H and O–H groups in total. The summed E-state index contributed by atoms with van der Waals surface area (Å²) >= 11 is 1.47. The van der Waals surface area contributed by atoms with Gasteiger partial charge in [-0.2, -0.15) is 0 Å². The van der Waals surface area contributed by atoms with Gasteiger partial charge in [0.15, 0.2) is 0 Å². The Morgan fingerprint density at radius 1 is 1.15 bits per heavy atom. The van der Waals surface area contributed by atoms with E-state index in [2.05, 4.69) is 43.1 Å². The van der Waals surface area contributed by atoms with Crippen molar-refractivity contribution < 1.29 is 9.52 Å². The second-order valence-corrected chi connectivity index (χ2v) is 6.67. The second kappa shape index (κ2) is 6.41. The number of benzene rings is 1. The number of rotatable bonds is 5. The van der Waals surface area contributed by atoms with Crippen molar-refractivity contribution in [3.05, 3.63) is 29.8 Å². The van der Waals surface area contributed by atoms with Crippen LogP contribution in [0.25, 0.3) is 11.5 Å². The molecule has 0 aliphatic rings. The number of thioether (sulfide) groups is 1. The Kier molecular flexibility index (Phi) is 4.83. The van der Waals surface area contributed by atoms with Crippen molar-refractivity contribution in [1.82, 2.24) is 10.2 Å². The van der Waals surface area contributed by atoms with Crippen molar-refractivity contribution in [2.75, 3.05) is 12.4 Å². The molecule has 0 radical (unpaired) electrons. The molecule has 108 valence electrons. The summed E-state index contributed by atoms with van der Waals surface area (Å²) in [6.45, 7) is 6.74. The Labute approximate surface area is 123 Å². The fraction of sp³-hybridized carbons (Fsp3) is 0.467. The van der Waals surface area contributed by atoms with Crippen LogP contribution in [-0.4, -0.2) is 27.7 Å². The first kappa shape index (κ1) is 15.1. The minimum absolute atomic E-state index is 0.138. The molecule has 2 rings (SSSR count). The molecule has 2 aromatic rings. The van der Waals surface area contributed by atoms with Gasteiger partial charge in [0, 0.05) is 17.9 Å². The molecule has 0 atom stereocenters. The highest BCUT2D eigenvalue weighted by molar-refractivity contribution is 7.99. The molecule has 0 saturated heterocycles. The molecular weight excluding hydrogens is 272 g/mol. The van der Waals surface area contributed by atoms with E-state index in [9.17, 15) is 0 Å². The number of aliphatic hydroxyl groups is 1. The van der Waals surface area contributed by atoms with Gasteiger partial charge in [-0.1, -0.05) is 44.7 Å². The average Bonchev–Trinajstić information content (AvgIpc) is 2.87. The molecule has 0 spiro atoms. The molecular formula is C15H20N2O2S. The highest BCUT2D eigenvalue weighted by Gasteiger charge is 2.14. The van der Waals surface area contributed by atoms with Crippen LogP contribution in [0, 0.1) is 0 Å². The van der Waals surface area contributed by atoms with Gasteiger partial charge >= 0.3 is 0 Å². The van der Waals surface area contributed by atoms with E-state index >= 15 is 0 Å². The van der Waals surface area contributed by atoms with E-state index in [0.717, 1.165) is 17.7 Å². The normalized spacial score (nSPS) is 11.8. The van der Waals surface area contributed by atoms with Gasteiger partial charge in [0.2, 0.25) is 5.89 Å². The van der Waals surface area contributed by atoms with E-state index in [-0.39, 0.29) is 12.0 Å². The van der Waals surface area contributed by atoms with Crippen LogP contribution in [-0.2, 0) is 5.41 Å². The van der Waals surface area contributed by atoms with Gasteiger partial charge in [-0.15, -0.1) is 10.2 Å². The standard InChI is InChI=1S/C15H20N2O2S/c1-15(2,3)12-7-5-11(6-8-12)13-16-17-14(19-13)20-10-4-9-18/h5-8,18H,4,9-10H2,1-3H3. The van der Waals surface area contributed by atoms with Crippen molar-refractivity contribution in [1.29, 1.82) is 0 Å². The number of aromatic nitrogens is 2. The molecule has 5 heteroatoms. The van der Waals surface area contributed by atoms with Crippen LogP contribution in [0.15, 0.2) is 33.9 Å². The fourth-order valence-electron chi connectivity index (χ4n) is 1.72. The Bertz CT molecular complexity index is 544. The number of nitrogens with zero attached hydrogens (tertiary/aromatic N) is 2. The Morgan fingerprint density at radius 3 is 2.45 bits per heavy atom. The maximum absolute atomic E-state index is 8.74. The summed E-state index contributed by atoms with van der Waals surface area (Å²) in [6.07, 6.45) is 0.725. The van der Waals surface area contributed by atoms with Crippen LogP contribution in [0.4, 0.5) is 0 Å². The molecule has 4 nitrogen and oxygen atoms in total. The predicted octanol–water partition coefficient (Wildman–Crippen LogP) is 3.51. The van der Waals surface area contributed by atoms with Gasteiger partial charge in [-0.25, -0.2) is 0 Å². The van der Waals surface area contributed by atoms with Crippen LogP contribution in [0.5, 0.6) is 0 Å². The first-order chi connectivity index (χ1) is 9.50. The van der Waals surface area contributed by atoms with Crippen molar-refractivity contribution in [2.45, 2.75) is 37.8 Å². The largest absolute Gasteiger partial charge is 0.411 e. The second-order valence-electron chi connectivity index (χ2n) is 5.63. The summed E-state index contributed by atoms with van der Waals surface area (Å²) in [7, 11) is 0. The number of aliphatic hydroxyl groups excluding tert-OH is 1. The van der Waals surface area contributed by atoms with E-state index in [4.69, 9.17) is 9.52 Å². The van der Waals surface area contributed by atoms with E-state index in [1.165, 1.54) is 17.3 Å². The molecule has 0 amide bonds. The zero-order valence-electron chi connectivity index (χ0n) is 12.1. The smallest absolute Gasteiger partial charge is 0.276 e. The molecule has 20 heavy (non-hydrogen) atoms. The topological polar surface area (TPSA) is 59.2 Å². The SMILES string of the molecule is CC(C)(C)c1ccc(-c2nnc(SCCCO)o2)cc1. The molecule has 0 bridgehead atoms. The summed E-state index contributed by atoms with van der Waals surface area (Å²) in [5.74, 6) is 1.32. The van der Waals surface area contributed by atoms with E-state index in [1.54, 1.807) is 0 Å². The van der Waals surface area contributed by atoms with E-state index < -0.39 is 0 Å². The third-order valence-corrected chi connectivity index (χ3v) is 3.84. The predicted molar refractivity (Wildman–Crippen MR) is 80.9 cm³/mol. The number of hydrogen-bond donors (Lipinski definition) is 1. The van der Waals surface area contributed by atoms with Gasteiger partial charge in [0.25, 0.3) is 5.22 Å². The molecule has 1 aromatic heterocycles. The molecule has 0 aliphatic carbocycles. The Hall–Kier alpha value is -1.33. The molecule has 0 saturated carbocycles. The van der Waals surface area contributed by atoms with Crippen LogP contribution in [0.3, 0.4) is 0 Å². The minimum atomic E-state index is 0.138. The summed E-state index contributed by atoms with van der Waals surface area (Å²) in [6, 6.07) is 8.21. The zero-order chi connectivity index (χ0) is 14.6. The third kappa shape index (κ3) is 3.84. The lowest BCUT2D eigenvalue weighted by molar-refractivity contribution is 0.296. The third-order valence-electron chi connectivity index (χ3n) is 2.93. The molecule has 1 aromatic carbocycles. The Morgan fingerprint density at radius 2 is 1.85 bits per heavy atom. The summed E-state index contributed by atoms with van der Waals surface area (Å²) in [5, 5.41) is 17.3. The monoisotopic (exact) mass is 292 g/mol. The summed E-state index contributed by atoms with van der Waals surface area (Å²) in [5.41, 5.74) is 2.34. The van der Waals surface area contributed by atoms with Crippen molar-refractivity contribution in [3.63, 3.8) is 0 Å². The lowest BCUT2D eigenvalue weighted by atomic mass is 9.87. The zero-order valence-corrected chi connectivity index (χ0v) is 12.9. The average molecular weight is 292 g/mol. The van der Waals surface area contributed by atoms with Gasteiger partial charge in [-0.3, -0.25) is 0 Å². The maximum Gasteiger partial charge on any atom is 0.276 e. The first-order valence-electron chi connectivity index (χ1n) is 6.69. The van der Waals surface area contributed by atoms with Crippen LogP contribution >= 0.6 is 11.8 Å². The Balaban J connectivity index is 2.08. The van der Waals surface area contributed by atoms with E-state index in [1.807, 2.05) is 12.1 Å². The summed E-state index contributed by atoms with van der Waals surface area (Å²) < 4.78 is 5.60. The lowest BCUT2D eigenvalue weighted by Gasteiger charge is -2.18. The molecule has 1 heterocycles. The lowest BCUT2D eigenvalue weighted by Crippen LogP contribution is -2.10. The maximum atomic E-state index is 8.74. The highest BCUT2D eigenvalue weighted by atomic mass is 32.2. The molecule has 0 unspecified atom stereocenters. The van der Waals surface area contributed by atoms with Gasteiger partial charge < -0.3 is 9.52 Å². The van der Waals surface area contributed by atoms with Gasteiger partial charge in [0.1, 0.15) is 0 Å². The van der Waals surface area contributed by atoms with Gasteiger partial charge in [-0.05, 0) is 29.5 Å². The van der Waals surface area contributed by atoms with Crippen molar-refractivity contribution in [3.8, 4) is 11.5 Å². The minimum Gasteiger partial charge on any atom is -0.411 e. The quantitative estimate of drug-likeness (QED) is 0.675. The van der Waals surface area contributed by atoms with Crippen LogP contribution in [0.1, 0.15) is 32.8 Å². The fourth-order valence-corrected chi connectivity index (χ4v) is 2.41.